The van der Waals surface area contributed by atoms with Gasteiger partial charge >= 0.3 is 0 Å². The summed E-state index contributed by atoms with van der Waals surface area (Å²) in [4.78, 5) is 0. The van der Waals surface area contributed by atoms with Gasteiger partial charge in [0.05, 0.1) is 0 Å². The lowest BCUT2D eigenvalue weighted by atomic mass is 10.1. The van der Waals surface area contributed by atoms with Crippen molar-refractivity contribution >= 4 is 15.9 Å². The van der Waals surface area contributed by atoms with Crippen LogP contribution in [0.5, 0.6) is 5.75 Å². The van der Waals surface area contributed by atoms with Crippen molar-refractivity contribution in [3.05, 3.63) is 63.4 Å². The normalized spacial score (nSPS) is 10.4. The second-order valence-corrected chi connectivity index (χ2v) is 5.18. The Labute approximate surface area is 115 Å². The zero-order valence-corrected chi connectivity index (χ0v) is 11.9. The van der Waals surface area contributed by atoms with Crippen LogP contribution in [0.1, 0.15) is 16.7 Å². The summed E-state index contributed by atoms with van der Waals surface area (Å²) in [6.07, 6.45) is 0. The minimum absolute atomic E-state index is 0.231. The molecule has 0 unspecified atom stereocenters. The van der Waals surface area contributed by atoms with Gasteiger partial charge in [-0.2, -0.15) is 0 Å². The Morgan fingerprint density at radius 2 is 1.78 bits per heavy atom. The molecule has 0 saturated carbocycles. The fourth-order valence-corrected chi connectivity index (χ4v) is 2.02. The molecule has 0 amide bonds. The van der Waals surface area contributed by atoms with Gasteiger partial charge in [-0.15, -0.1) is 0 Å². The van der Waals surface area contributed by atoms with Crippen molar-refractivity contribution in [1.82, 2.24) is 0 Å². The van der Waals surface area contributed by atoms with E-state index in [1.165, 1.54) is 12.1 Å². The average Bonchev–Trinajstić information content (AvgIpc) is 2.34. The predicted octanol–water partition coefficient (Wildman–Crippen LogP) is 4.78. The molecular weight excluding hydrogens is 295 g/mol. The molecule has 0 aliphatic rings. The molecule has 0 aliphatic heterocycles. The molecule has 0 radical (unpaired) electrons. The first-order valence-electron chi connectivity index (χ1n) is 5.70. The predicted molar refractivity (Wildman–Crippen MR) is 74.3 cm³/mol. The fourth-order valence-electron chi connectivity index (χ4n) is 1.68. The van der Waals surface area contributed by atoms with Gasteiger partial charge in [0.15, 0.2) is 0 Å². The molecule has 0 aliphatic carbocycles. The van der Waals surface area contributed by atoms with Gasteiger partial charge in [-0.3, -0.25) is 0 Å². The van der Waals surface area contributed by atoms with Crippen molar-refractivity contribution in [3.8, 4) is 5.75 Å². The van der Waals surface area contributed by atoms with Crippen molar-refractivity contribution < 1.29 is 9.13 Å². The molecule has 2 aromatic carbocycles. The number of rotatable bonds is 3. The molecule has 0 bridgehead atoms. The van der Waals surface area contributed by atoms with E-state index in [2.05, 4.69) is 15.9 Å². The molecule has 0 atom stereocenters. The highest BCUT2D eigenvalue weighted by Crippen LogP contribution is 2.24. The maximum absolute atomic E-state index is 13.2. The second-order valence-electron chi connectivity index (χ2n) is 4.27. The number of ether oxygens (including phenoxy) is 1. The number of hydrogen-bond acceptors (Lipinski definition) is 1. The van der Waals surface area contributed by atoms with Crippen LogP contribution in [0.4, 0.5) is 4.39 Å². The lowest BCUT2D eigenvalue weighted by Crippen LogP contribution is -1.99. The van der Waals surface area contributed by atoms with Gasteiger partial charge in [-0.1, -0.05) is 28.1 Å². The smallest absolute Gasteiger partial charge is 0.123 e. The van der Waals surface area contributed by atoms with Crippen LogP contribution in [0.15, 0.2) is 40.9 Å². The monoisotopic (exact) mass is 308 g/mol. The summed E-state index contributed by atoms with van der Waals surface area (Å²) in [6.45, 7) is 4.31. The van der Waals surface area contributed by atoms with Gasteiger partial charge in [0.2, 0.25) is 0 Å². The quantitative estimate of drug-likeness (QED) is 0.792. The van der Waals surface area contributed by atoms with Crippen LogP contribution in [0.25, 0.3) is 0 Å². The Balaban J connectivity index is 2.16. The lowest BCUT2D eigenvalue weighted by molar-refractivity contribution is 0.302. The molecule has 2 rings (SSSR count). The molecule has 0 spiro atoms. The highest BCUT2D eigenvalue weighted by atomic mass is 79.9. The topological polar surface area (TPSA) is 9.23 Å². The Hall–Kier alpha value is -1.35. The van der Waals surface area contributed by atoms with Crippen LogP contribution in [0.2, 0.25) is 0 Å². The van der Waals surface area contributed by atoms with Crippen molar-refractivity contribution in [2.45, 2.75) is 20.5 Å². The summed E-state index contributed by atoms with van der Waals surface area (Å²) in [6, 6.07) is 10.6. The van der Waals surface area contributed by atoms with Gasteiger partial charge in [0.1, 0.15) is 18.2 Å². The van der Waals surface area contributed by atoms with Crippen molar-refractivity contribution in [3.63, 3.8) is 0 Å². The highest BCUT2D eigenvalue weighted by Gasteiger charge is 2.04. The van der Waals surface area contributed by atoms with E-state index < -0.39 is 0 Å². The third-order valence-electron chi connectivity index (χ3n) is 2.84. The Kier molecular flexibility index (Phi) is 4.02. The van der Waals surface area contributed by atoms with E-state index in [0.29, 0.717) is 6.61 Å². The van der Waals surface area contributed by atoms with Crippen LogP contribution in [0.3, 0.4) is 0 Å². The third-order valence-corrected chi connectivity index (χ3v) is 3.34. The Morgan fingerprint density at radius 3 is 2.56 bits per heavy atom. The summed E-state index contributed by atoms with van der Waals surface area (Å²) in [5.41, 5.74) is 2.96. The van der Waals surface area contributed by atoms with Crippen molar-refractivity contribution in [2.75, 3.05) is 0 Å². The van der Waals surface area contributed by atoms with Crippen LogP contribution >= 0.6 is 15.9 Å². The molecule has 0 heterocycles. The number of halogens is 2. The van der Waals surface area contributed by atoms with E-state index in [1.807, 2.05) is 32.0 Å². The van der Waals surface area contributed by atoms with Crippen LogP contribution in [-0.2, 0) is 6.61 Å². The van der Waals surface area contributed by atoms with Gasteiger partial charge in [0, 0.05) is 4.47 Å². The second kappa shape index (κ2) is 5.53. The molecule has 2 aromatic rings. The summed E-state index contributed by atoms with van der Waals surface area (Å²) in [5, 5.41) is 0. The zero-order chi connectivity index (χ0) is 13.1. The van der Waals surface area contributed by atoms with E-state index >= 15 is 0 Å². The standard InChI is InChI=1S/C15H14BrFO/c1-10-4-6-14(17)7-12(10)9-18-15-8-13(16)5-3-11(15)2/h3-8H,9H2,1-2H3. The molecule has 3 heteroatoms. The molecule has 18 heavy (non-hydrogen) atoms. The summed E-state index contributed by atoms with van der Waals surface area (Å²) in [5.74, 6) is 0.582. The summed E-state index contributed by atoms with van der Waals surface area (Å²) in [7, 11) is 0. The molecule has 94 valence electrons. The Morgan fingerprint density at radius 1 is 1.06 bits per heavy atom. The first-order chi connectivity index (χ1) is 8.56. The largest absolute Gasteiger partial charge is 0.489 e. The Bertz CT molecular complexity index is 515. The van der Waals surface area contributed by atoms with E-state index in [9.17, 15) is 4.39 Å². The fraction of sp³-hybridized carbons (Fsp3) is 0.200. The molecule has 0 saturated heterocycles. The van der Waals surface area contributed by atoms with Crippen molar-refractivity contribution in [2.24, 2.45) is 0 Å². The zero-order valence-electron chi connectivity index (χ0n) is 10.3. The van der Waals surface area contributed by atoms with E-state index in [4.69, 9.17) is 4.74 Å². The molecular formula is C15H14BrFO. The minimum atomic E-state index is -0.231. The van der Waals surface area contributed by atoms with E-state index in [1.54, 1.807) is 6.07 Å². The first kappa shape index (κ1) is 13.1. The van der Waals surface area contributed by atoms with Crippen molar-refractivity contribution in [1.29, 1.82) is 0 Å². The van der Waals surface area contributed by atoms with Crippen LogP contribution < -0.4 is 4.74 Å². The van der Waals surface area contributed by atoms with E-state index in [0.717, 1.165) is 26.9 Å². The maximum Gasteiger partial charge on any atom is 0.123 e. The number of hydrogen-bond donors (Lipinski definition) is 0. The molecule has 0 aromatic heterocycles. The number of aryl methyl sites for hydroxylation is 2. The SMILES string of the molecule is Cc1ccc(F)cc1COc1cc(Br)ccc1C. The first-order valence-corrected chi connectivity index (χ1v) is 6.49. The van der Waals surface area contributed by atoms with Crippen LogP contribution in [0, 0.1) is 19.7 Å². The lowest BCUT2D eigenvalue weighted by Gasteiger charge is -2.11. The third kappa shape index (κ3) is 3.10. The number of benzene rings is 2. The average molecular weight is 309 g/mol. The minimum Gasteiger partial charge on any atom is -0.489 e. The van der Waals surface area contributed by atoms with Gasteiger partial charge in [-0.05, 0) is 54.8 Å². The molecule has 0 fully saturated rings. The summed E-state index contributed by atoms with van der Waals surface area (Å²) < 4.78 is 19.9. The van der Waals surface area contributed by atoms with E-state index in [-0.39, 0.29) is 5.82 Å². The van der Waals surface area contributed by atoms with Gasteiger partial charge in [0.25, 0.3) is 0 Å². The van der Waals surface area contributed by atoms with Gasteiger partial charge < -0.3 is 4.74 Å². The maximum atomic E-state index is 13.2. The highest BCUT2D eigenvalue weighted by molar-refractivity contribution is 9.10. The van der Waals surface area contributed by atoms with Gasteiger partial charge in [-0.25, -0.2) is 4.39 Å². The summed E-state index contributed by atoms with van der Waals surface area (Å²) >= 11 is 3.41. The molecule has 1 nitrogen and oxygen atoms in total. The van der Waals surface area contributed by atoms with Crippen LogP contribution in [-0.4, -0.2) is 0 Å². The molecule has 0 N–H and O–H groups in total.